The molecule has 0 spiro atoms. The van der Waals surface area contributed by atoms with Crippen LogP contribution in [0.3, 0.4) is 0 Å². The van der Waals surface area contributed by atoms with Crippen molar-refractivity contribution in [2.24, 2.45) is 11.8 Å². The molecule has 4 aliphatic carbocycles. The molecule has 15 rings (SSSR count). The lowest BCUT2D eigenvalue weighted by molar-refractivity contribution is 0.566. The highest BCUT2D eigenvalue weighted by molar-refractivity contribution is 6.36. The summed E-state index contributed by atoms with van der Waals surface area (Å²) in [5, 5.41) is 10.5. The molecule has 4 aliphatic rings. The van der Waals surface area contributed by atoms with Crippen LogP contribution in [0.25, 0.3) is 115 Å². The second-order valence-electron chi connectivity index (χ2n) is 28.7. The van der Waals surface area contributed by atoms with Gasteiger partial charge in [0.2, 0.25) is 0 Å². The van der Waals surface area contributed by atoms with Crippen molar-refractivity contribution in [2.75, 3.05) is 0 Å². The maximum atomic E-state index is 2.72. The van der Waals surface area contributed by atoms with Gasteiger partial charge in [0.1, 0.15) is 0 Å². The minimum atomic E-state index is -0.0749. The third kappa shape index (κ3) is 8.00. The number of hydrogen-bond acceptors (Lipinski definition) is 0. The standard InChI is InChI=1S/C84H74/c1-81(2,3)55-41-53(42-56(47-55)82(4,5)6)73-65-38-37-52(60-39-40-68-75-62(60)34-24-35-66(75)77-71(49-25-15-13-16-26-49)63-31-21-22-32-64(63)72(79(68)77)50-27-17-14-18-28-50)45-69(65)74(54-43-57(83(7,8)9)48-58(44-54)84(10,11)12)78-67-36-23-33-61-59-30-20-19-29-51(59)46-70(76(61)67)80(73)78/h13-48,65,69H,1-12H3. The van der Waals surface area contributed by atoms with Crippen LogP contribution in [0.15, 0.2) is 218 Å². The normalized spacial score (nSPS) is 16.5. The lowest BCUT2D eigenvalue weighted by Crippen LogP contribution is -2.25. The van der Waals surface area contributed by atoms with Crippen molar-refractivity contribution in [3.05, 3.63) is 268 Å². The fourth-order valence-electron chi connectivity index (χ4n) is 15.0. The van der Waals surface area contributed by atoms with Crippen molar-refractivity contribution in [3.8, 4) is 44.5 Å². The Morgan fingerprint density at radius 1 is 0.286 bits per heavy atom. The van der Waals surface area contributed by atoms with Crippen LogP contribution in [0.1, 0.15) is 133 Å². The number of allylic oxidation sites excluding steroid dienone is 8. The van der Waals surface area contributed by atoms with E-state index >= 15 is 0 Å². The van der Waals surface area contributed by atoms with E-state index in [1.807, 2.05) is 0 Å². The Labute approximate surface area is 497 Å². The topological polar surface area (TPSA) is 0 Å². The lowest BCUT2D eigenvalue weighted by atomic mass is 9.64. The van der Waals surface area contributed by atoms with Crippen LogP contribution in [0.4, 0.5) is 0 Å². The molecule has 0 nitrogen and oxygen atoms in total. The Kier molecular flexibility index (Phi) is 11.5. The first-order chi connectivity index (χ1) is 40.2. The molecule has 11 aromatic carbocycles. The summed E-state index contributed by atoms with van der Waals surface area (Å²) in [6.07, 6.45) is 7.86. The Morgan fingerprint density at radius 3 is 1.24 bits per heavy atom. The Morgan fingerprint density at radius 2 is 0.702 bits per heavy atom. The molecule has 2 atom stereocenters. The van der Waals surface area contributed by atoms with E-state index in [0.717, 1.165) is 0 Å². The van der Waals surface area contributed by atoms with Crippen molar-refractivity contribution >= 4 is 71.0 Å². The monoisotopic (exact) mass is 1080 g/mol. The van der Waals surface area contributed by atoms with Gasteiger partial charge in [-0.3, -0.25) is 0 Å². The first kappa shape index (κ1) is 52.2. The SMILES string of the molecule is CC(C)(C)c1cc(C2=C3C(=C(c4cc(C(C)(C)C)cc(C(C)(C)C)c4)C4C=CC(c5ccc6c7c(cccc57)-c5c-6c(-c6ccccc6)c6ccccc6c5-c5ccccc5)=CC24)c2cc4ccccc4c4cccc3c24)cc(C(C)(C)C)c1. The quantitative estimate of drug-likeness (QED) is 0.151. The number of hydrogen-bond donors (Lipinski definition) is 0. The fraction of sp³-hybridized carbons (Fsp3) is 0.214. The molecule has 0 aliphatic heterocycles. The van der Waals surface area contributed by atoms with Crippen LogP contribution in [-0.2, 0) is 21.7 Å². The zero-order chi connectivity index (χ0) is 57.9. The van der Waals surface area contributed by atoms with Gasteiger partial charge in [-0.25, -0.2) is 0 Å². The molecule has 0 amide bonds. The van der Waals surface area contributed by atoms with Gasteiger partial charge in [0, 0.05) is 11.8 Å². The van der Waals surface area contributed by atoms with Crippen LogP contribution >= 0.6 is 0 Å². The minimum absolute atomic E-state index is 0.00273. The first-order valence-electron chi connectivity index (χ1n) is 30.7. The van der Waals surface area contributed by atoms with Gasteiger partial charge >= 0.3 is 0 Å². The summed E-state index contributed by atoms with van der Waals surface area (Å²) in [5.74, 6) is 0.0325. The average molecular weight is 1080 g/mol. The van der Waals surface area contributed by atoms with Crippen molar-refractivity contribution in [3.63, 3.8) is 0 Å². The van der Waals surface area contributed by atoms with Crippen molar-refractivity contribution in [2.45, 2.75) is 105 Å². The van der Waals surface area contributed by atoms with Gasteiger partial charge in [0.25, 0.3) is 0 Å². The predicted octanol–water partition coefficient (Wildman–Crippen LogP) is 23.2. The van der Waals surface area contributed by atoms with E-state index in [1.54, 1.807) is 0 Å². The second-order valence-corrected chi connectivity index (χ2v) is 28.7. The summed E-state index contributed by atoms with van der Waals surface area (Å²) in [5.41, 5.74) is 29.1. The highest BCUT2D eigenvalue weighted by Gasteiger charge is 2.44. The number of benzene rings is 11. The Balaban J connectivity index is 1.05. The minimum Gasteiger partial charge on any atom is -0.0754 e. The molecular formula is C84H74. The zero-order valence-electron chi connectivity index (χ0n) is 50.9. The van der Waals surface area contributed by atoms with Gasteiger partial charge < -0.3 is 0 Å². The molecule has 2 unspecified atom stereocenters. The fourth-order valence-corrected chi connectivity index (χ4v) is 15.0. The van der Waals surface area contributed by atoms with Crippen molar-refractivity contribution < 1.29 is 0 Å². The van der Waals surface area contributed by atoms with E-state index in [0.29, 0.717) is 0 Å². The van der Waals surface area contributed by atoms with E-state index in [-0.39, 0.29) is 33.5 Å². The maximum Gasteiger partial charge on any atom is 0.0144 e. The van der Waals surface area contributed by atoms with E-state index in [2.05, 4.69) is 302 Å². The maximum absolute atomic E-state index is 2.72. The predicted molar refractivity (Wildman–Crippen MR) is 364 cm³/mol. The Bertz CT molecular complexity index is 4610. The van der Waals surface area contributed by atoms with Gasteiger partial charge in [-0.1, -0.05) is 295 Å². The Hall–Kier alpha value is -8.58. The third-order valence-electron chi connectivity index (χ3n) is 19.3. The molecule has 0 fully saturated rings. The van der Waals surface area contributed by atoms with Crippen LogP contribution in [0, 0.1) is 11.8 Å². The van der Waals surface area contributed by atoms with Crippen LogP contribution in [0.2, 0.25) is 0 Å². The van der Waals surface area contributed by atoms with Gasteiger partial charge in [-0.2, -0.15) is 0 Å². The van der Waals surface area contributed by atoms with E-state index in [1.165, 1.54) is 166 Å². The molecule has 0 aromatic heterocycles. The molecule has 410 valence electrons. The summed E-state index contributed by atoms with van der Waals surface area (Å²) >= 11 is 0. The summed E-state index contributed by atoms with van der Waals surface area (Å²) in [7, 11) is 0. The summed E-state index contributed by atoms with van der Waals surface area (Å²) in [6.45, 7) is 28.6. The highest BCUT2D eigenvalue weighted by Crippen LogP contribution is 2.63. The lowest BCUT2D eigenvalue weighted by Gasteiger charge is -2.39. The summed E-state index contributed by atoms with van der Waals surface area (Å²) in [6, 6.07) is 77.5. The van der Waals surface area contributed by atoms with E-state index in [4.69, 9.17) is 0 Å². The smallest absolute Gasteiger partial charge is 0.0144 e. The van der Waals surface area contributed by atoms with Crippen LogP contribution in [-0.4, -0.2) is 0 Å². The van der Waals surface area contributed by atoms with Crippen molar-refractivity contribution in [1.29, 1.82) is 0 Å². The van der Waals surface area contributed by atoms with Gasteiger partial charge in [-0.15, -0.1) is 0 Å². The second kappa shape index (κ2) is 18.5. The third-order valence-corrected chi connectivity index (χ3v) is 19.3. The van der Waals surface area contributed by atoms with Crippen molar-refractivity contribution in [1.82, 2.24) is 0 Å². The average Bonchev–Trinajstić information content (AvgIpc) is 1.61. The first-order valence-corrected chi connectivity index (χ1v) is 30.7. The van der Waals surface area contributed by atoms with Gasteiger partial charge in [0.05, 0.1) is 0 Å². The molecule has 0 heterocycles. The molecule has 84 heavy (non-hydrogen) atoms. The van der Waals surface area contributed by atoms with Gasteiger partial charge in [0.15, 0.2) is 0 Å². The molecule has 0 radical (unpaired) electrons. The molecular weight excluding hydrogens is 1010 g/mol. The number of rotatable bonds is 5. The van der Waals surface area contributed by atoms with Crippen LogP contribution in [0.5, 0.6) is 0 Å². The molecule has 0 saturated carbocycles. The molecule has 0 saturated heterocycles. The summed E-state index contributed by atoms with van der Waals surface area (Å²) < 4.78 is 0. The van der Waals surface area contributed by atoms with E-state index in [9.17, 15) is 0 Å². The van der Waals surface area contributed by atoms with Gasteiger partial charge in [-0.05, 0) is 193 Å². The number of fused-ring (bicyclic) bond motifs is 10. The molecule has 11 aromatic rings. The zero-order valence-corrected chi connectivity index (χ0v) is 50.9. The molecule has 0 N–H and O–H groups in total. The largest absolute Gasteiger partial charge is 0.0754 e. The molecule has 0 bridgehead atoms. The van der Waals surface area contributed by atoms with Crippen LogP contribution < -0.4 is 0 Å². The molecule has 0 heteroatoms. The van der Waals surface area contributed by atoms with E-state index < -0.39 is 0 Å². The highest BCUT2D eigenvalue weighted by atomic mass is 14.5. The summed E-state index contributed by atoms with van der Waals surface area (Å²) in [4.78, 5) is 0.